The summed E-state index contributed by atoms with van der Waals surface area (Å²) in [4.78, 5) is 16.3. The molecule has 4 N–H and O–H groups in total. The number of H-pyrrole nitrogens is 1. The molecule has 0 bridgehead atoms. The van der Waals surface area contributed by atoms with Crippen LogP contribution in [0, 0.1) is 0 Å². The lowest BCUT2D eigenvalue weighted by Gasteiger charge is -2.34. The van der Waals surface area contributed by atoms with E-state index in [9.17, 15) is 4.79 Å². The second kappa shape index (κ2) is 7.54. The first kappa shape index (κ1) is 18.2. The standard InChI is InChI=1S/C23H26N4O2/c28-22(25-12-13-29-17-4-2-1-3-5-17)16-6-7-20-19(14-16)18-8-10-26-23(21(18)27-20)9-11-24-15-23/h1-7,14,24,26-27H,8-13,15H2,(H,25,28)/t23-/m1/s1. The molecule has 29 heavy (non-hydrogen) atoms. The van der Waals surface area contributed by atoms with E-state index >= 15 is 0 Å². The monoisotopic (exact) mass is 390 g/mol. The molecule has 150 valence electrons. The van der Waals surface area contributed by atoms with Gasteiger partial charge < -0.3 is 25.7 Å². The molecule has 1 spiro atoms. The van der Waals surface area contributed by atoms with Gasteiger partial charge in [-0.05, 0) is 55.3 Å². The van der Waals surface area contributed by atoms with Gasteiger partial charge in [0.1, 0.15) is 12.4 Å². The highest BCUT2D eigenvalue weighted by Gasteiger charge is 2.40. The van der Waals surface area contributed by atoms with E-state index in [4.69, 9.17) is 4.74 Å². The predicted octanol–water partition coefficient (Wildman–Crippen LogP) is 2.31. The molecule has 2 aromatic carbocycles. The van der Waals surface area contributed by atoms with Crippen LogP contribution in [0.2, 0.25) is 0 Å². The number of benzene rings is 2. The molecular weight excluding hydrogens is 364 g/mol. The van der Waals surface area contributed by atoms with Crippen molar-refractivity contribution in [2.75, 3.05) is 32.8 Å². The van der Waals surface area contributed by atoms with E-state index in [-0.39, 0.29) is 11.4 Å². The van der Waals surface area contributed by atoms with E-state index in [1.54, 1.807) is 0 Å². The summed E-state index contributed by atoms with van der Waals surface area (Å²) in [6, 6.07) is 15.6. The zero-order chi connectivity index (χ0) is 19.7. The number of rotatable bonds is 5. The number of aromatic nitrogens is 1. The van der Waals surface area contributed by atoms with Crippen molar-refractivity contribution in [3.63, 3.8) is 0 Å². The molecule has 1 aromatic heterocycles. The van der Waals surface area contributed by atoms with Crippen LogP contribution in [0.4, 0.5) is 0 Å². The molecule has 1 fully saturated rings. The SMILES string of the molecule is O=C(NCCOc1ccccc1)c1ccc2[nH]c3c(c2c1)CCN[C@@]31CCNC1. The molecule has 3 heterocycles. The lowest BCUT2D eigenvalue weighted by Crippen LogP contribution is -2.48. The van der Waals surface area contributed by atoms with Crippen LogP contribution in [0.1, 0.15) is 28.0 Å². The Morgan fingerprint density at radius 3 is 2.86 bits per heavy atom. The fraction of sp³-hybridized carbons (Fsp3) is 0.348. The minimum atomic E-state index is -0.0651. The van der Waals surface area contributed by atoms with Gasteiger partial charge in [-0.3, -0.25) is 4.79 Å². The van der Waals surface area contributed by atoms with Crippen LogP contribution in [-0.4, -0.2) is 43.7 Å². The number of fused-ring (bicyclic) bond motifs is 4. The van der Waals surface area contributed by atoms with Gasteiger partial charge in [-0.15, -0.1) is 0 Å². The molecule has 5 rings (SSSR count). The van der Waals surface area contributed by atoms with Crippen molar-refractivity contribution in [3.05, 3.63) is 65.4 Å². The summed E-state index contributed by atoms with van der Waals surface area (Å²) < 4.78 is 5.65. The quantitative estimate of drug-likeness (QED) is 0.504. The molecule has 2 aliphatic heterocycles. The van der Waals surface area contributed by atoms with E-state index in [0.29, 0.717) is 18.7 Å². The van der Waals surface area contributed by atoms with Crippen LogP contribution in [0.3, 0.4) is 0 Å². The van der Waals surface area contributed by atoms with E-state index in [1.807, 2.05) is 48.5 Å². The van der Waals surface area contributed by atoms with Gasteiger partial charge in [0.2, 0.25) is 0 Å². The lowest BCUT2D eigenvalue weighted by atomic mass is 9.86. The zero-order valence-electron chi connectivity index (χ0n) is 16.4. The number of ether oxygens (including phenoxy) is 1. The van der Waals surface area contributed by atoms with Crippen molar-refractivity contribution in [2.24, 2.45) is 0 Å². The molecule has 0 aliphatic carbocycles. The van der Waals surface area contributed by atoms with Gasteiger partial charge in [0.25, 0.3) is 5.91 Å². The number of nitrogens with one attached hydrogen (secondary N) is 4. The molecule has 1 atom stereocenters. The Morgan fingerprint density at radius 1 is 1.14 bits per heavy atom. The average Bonchev–Trinajstić information content (AvgIpc) is 3.38. The maximum absolute atomic E-state index is 12.6. The minimum absolute atomic E-state index is 0.00377. The Balaban J connectivity index is 1.30. The van der Waals surface area contributed by atoms with Crippen molar-refractivity contribution in [2.45, 2.75) is 18.4 Å². The Morgan fingerprint density at radius 2 is 2.03 bits per heavy atom. The molecule has 2 aliphatic rings. The molecule has 0 saturated carbocycles. The van der Waals surface area contributed by atoms with E-state index < -0.39 is 0 Å². The van der Waals surface area contributed by atoms with E-state index in [1.165, 1.54) is 16.6 Å². The first-order valence-electron chi connectivity index (χ1n) is 10.3. The van der Waals surface area contributed by atoms with Crippen molar-refractivity contribution in [1.82, 2.24) is 20.9 Å². The number of para-hydroxylation sites is 1. The second-order valence-corrected chi connectivity index (χ2v) is 7.84. The third-order valence-electron chi connectivity index (χ3n) is 6.04. The largest absolute Gasteiger partial charge is 0.492 e. The fourth-order valence-electron chi connectivity index (χ4n) is 4.58. The molecular formula is C23H26N4O2. The Kier molecular flexibility index (Phi) is 4.73. The first-order valence-corrected chi connectivity index (χ1v) is 10.3. The average molecular weight is 390 g/mol. The van der Waals surface area contributed by atoms with Crippen LogP contribution in [0.15, 0.2) is 48.5 Å². The Hall–Kier alpha value is -2.83. The smallest absolute Gasteiger partial charge is 0.251 e. The molecule has 3 aromatic rings. The summed E-state index contributed by atoms with van der Waals surface area (Å²) >= 11 is 0. The number of hydrogen-bond donors (Lipinski definition) is 4. The van der Waals surface area contributed by atoms with Crippen molar-refractivity contribution in [1.29, 1.82) is 0 Å². The summed E-state index contributed by atoms with van der Waals surface area (Å²) in [5, 5.41) is 11.3. The highest BCUT2D eigenvalue weighted by atomic mass is 16.5. The normalized spacial score (nSPS) is 20.7. The number of hydrogen-bond acceptors (Lipinski definition) is 4. The van der Waals surface area contributed by atoms with Crippen LogP contribution in [0.5, 0.6) is 5.75 Å². The zero-order valence-corrected chi connectivity index (χ0v) is 16.4. The number of aromatic amines is 1. The molecule has 1 saturated heterocycles. The first-order chi connectivity index (χ1) is 14.3. The Bertz CT molecular complexity index is 1020. The van der Waals surface area contributed by atoms with Gasteiger partial charge in [0.15, 0.2) is 0 Å². The topological polar surface area (TPSA) is 78.2 Å². The Labute approximate surface area is 170 Å². The maximum Gasteiger partial charge on any atom is 0.251 e. The van der Waals surface area contributed by atoms with Gasteiger partial charge in [-0.1, -0.05) is 18.2 Å². The highest BCUT2D eigenvalue weighted by Crippen LogP contribution is 2.37. The maximum atomic E-state index is 12.6. The van der Waals surface area contributed by atoms with Crippen molar-refractivity contribution < 1.29 is 9.53 Å². The van der Waals surface area contributed by atoms with Gasteiger partial charge in [0.05, 0.1) is 12.1 Å². The second-order valence-electron chi connectivity index (χ2n) is 7.84. The highest BCUT2D eigenvalue weighted by molar-refractivity contribution is 5.99. The predicted molar refractivity (Wildman–Crippen MR) is 113 cm³/mol. The number of amides is 1. The fourth-order valence-corrected chi connectivity index (χ4v) is 4.58. The van der Waals surface area contributed by atoms with E-state index in [2.05, 4.69) is 20.9 Å². The third kappa shape index (κ3) is 3.39. The molecule has 6 heteroatoms. The minimum Gasteiger partial charge on any atom is -0.492 e. The van der Waals surface area contributed by atoms with Gasteiger partial charge >= 0.3 is 0 Å². The number of carbonyl (C=O) groups is 1. The summed E-state index contributed by atoms with van der Waals surface area (Å²) in [5.74, 6) is 0.746. The summed E-state index contributed by atoms with van der Waals surface area (Å²) in [5.41, 5.74) is 4.44. The van der Waals surface area contributed by atoms with E-state index in [0.717, 1.165) is 43.7 Å². The van der Waals surface area contributed by atoms with Gasteiger partial charge in [-0.25, -0.2) is 0 Å². The third-order valence-corrected chi connectivity index (χ3v) is 6.04. The van der Waals surface area contributed by atoms with Crippen LogP contribution in [0.25, 0.3) is 10.9 Å². The number of carbonyl (C=O) groups excluding carboxylic acids is 1. The van der Waals surface area contributed by atoms with Crippen LogP contribution in [-0.2, 0) is 12.0 Å². The van der Waals surface area contributed by atoms with Crippen LogP contribution >= 0.6 is 0 Å². The summed E-state index contributed by atoms with van der Waals surface area (Å²) in [7, 11) is 0. The van der Waals surface area contributed by atoms with Gasteiger partial charge in [0, 0.05) is 35.2 Å². The van der Waals surface area contributed by atoms with Crippen LogP contribution < -0.4 is 20.7 Å². The van der Waals surface area contributed by atoms with Crippen molar-refractivity contribution >= 4 is 16.8 Å². The molecule has 0 radical (unpaired) electrons. The van der Waals surface area contributed by atoms with Gasteiger partial charge in [-0.2, -0.15) is 0 Å². The molecule has 0 unspecified atom stereocenters. The summed E-state index contributed by atoms with van der Waals surface area (Å²) in [6.45, 7) is 3.85. The van der Waals surface area contributed by atoms with Crippen molar-refractivity contribution in [3.8, 4) is 5.75 Å². The molecule has 1 amide bonds. The molecule has 6 nitrogen and oxygen atoms in total. The lowest BCUT2D eigenvalue weighted by molar-refractivity contribution is 0.0947. The summed E-state index contributed by atoms with van der Waals surface area (Å²) in [6.07, 6.45) is 2.06.